The number of carbonyl (C=O) groups is 1. The fourth-order valence-corrected chi connectivity index (χ4v) is 3.39. The standard InChI is InChI=1S/C20H23ClN2O3/c1-23-9-3-6-17(23)13-26-20(25)22-19-8-7-14(12-24)10-18(19)15-4-2-5-16(21)11-15/h2,4-5,7-8,10-11,17,24H,3,6,9,12-13H2,1H3,(H,22,25)/t17-/m0/s1. The van der Waals surface area contributed by atoms with Gasteiger partial charge in [-0.05, 0) is 61.8 Å². The van der Waals surface area contributed by atoms with Gasteiger partial charge in [-0.2, -0.15) is 0 Å². The highest BCUT2D eigenvalue weighted by molar-refractivity contribution is 6.30. The Morgan fingerprint density at radius 1 is 1.35 bits per heavy atom. The third-order valence-electron chi connectivity index (χ3n) is 4.72. The van der Waals surface area contributed by atoms with E-state index < -0.39 is 6.09 Å². The number of likely N-dealkylation sites (tertiary alicyclic amines) is 1. The maximum absolute atomic E-state index is 12.3. The van der Waals surface area contributed by atoms with Crippen LogP contribution in [-0.4, -0.2) is 42.3 Å². The highest BCUT2D eigenvalue weighted by Gasteiger charge is 2.22. The molecule has 138 valence electrons. The molecule has 1 saturated heterocycles. The summed E-state index contributed by atoms with van der Waals surface area (Å²) in [6, 6.07) is 13.0. The highest BCUT2D eigenvalue weighted by Crippen LogP contribution is 2.31. The van der Waals surface area contributed by atoms with Crippen LogP contribution in [0.15, 0.2) is 42.5 Å². The number of aliphatic hydroxyl groups excluding tert-OH is 1. The molecule has 0 radical (unpaired) electrons. The van der Waals surface area contributed by atoms with Gasteiger partial charge in [0.05, 0.1) is 12.3 Å². The maximum Gasteiger partial charge on any atom is 0.411 e. The number of halogens is 1. The van der Waals surface area contributed by atoms with Crippen LogP contribution in [0.3, 0.4) is 0 Å². The monoisotopic (exact) mass is 374 g/mol. The van der Waals surface area contributed by atoms with Gasteiger partial charge >= 0.3 is 6.09 Å². The molecular formula is C20H23ClN2O3. The molecule has 1 aliphatic rings. The number of aliphatic hydroxyl groups is 1. The maximum atomic E-state index is 12.3. The van der Waals surface area contributed by atoms with E-state index in [0.717, 1.165) is 36.1 Å². The van der Waals surface area contributed by atoms with Crippen LogP contribution >= 0.6 is 11.6 Å². The Kier molecular flexibility index (Phi) is 6.14. The molecular weight excluding hydrogens is 352 g/mol. The normalized spacial score (nSPS) is 17.3. The molecule has 0 aromatic heterocycles. The zero-order chi connectivity index (χ0) is 18.5. The van der Waals surface area contributed by atoms with Crippen LogP contribution in [0.4, 0.5) is 10.5 Å². The fourth-order valence-electron chi connectivity index (χ4n) is 3.20. The topological polar surface area (TPSA) is 61.8 Å². The van der Waals surface area contributed by atoms with E-state index in [-0.39, 0.29) is 12.6 Å². The number of carbonyl (C=O) groups excluding carboxylic acids is 1. The lowest BCUT2D eigenvalue weighted by Crippen LogP contribution is -2.31. The summed E-state index contributed by atoms with van der Waals surface area (Å²) >= 11 is 6.10. The number of nitrogens with one attached hydrogen (secondary N) is 1. The van der Waals surface area contributed by atoms with E-state index in [4.69, 9.17) is 16.3 Å². The number of amides is 1. The third-order valence-corrected chi connectivity index (χ3v) is 4.95. The van der Waals surface area contributed by atoms with Crippen molar-refractivity contribution in [1.82, 2.24) is 4.90 Å². The minimum Gasteiger partial charge on any atom is -0.448 e. The van der Waals surface area contributed by atoms with Gasteiger partial charge in [-0.1, -0.05) is 29.8 Å². The predicted molar refractivity (Wildman–Crippen MR) is 103 cm³/mol. The van der Waals surface area contributed by atoms with E-state index in [0.29, 0.717) is 17.3 Å². The molecule has 0 spiro atoms. The molecule has 2 aromatic rings. The number of nitrogens with zero attached hydrogens (tertiary/aromatic N) is 1. The zero-order valence-corrected chi connectivity index (χ0v) is 15.5. The lowest BCUT2D eigenvalue weighted by Gasteiger charge is -2.19. The summed E-state index contributed by atoms with van der Waals surface area (Å²) in [5.41, 5.74) is 3.02. The number of hydrogen-bond acceptors (Lipinski definition) is 4. The van der Waals surface area contributed by atoms with E-state index in [2.05, 4.69) is 10.2 Å². The van der Waals surface area contributed by atoms with Crippen molar-refractivity contribution in [2.45, 2.75) is 25.5 Å². The number of anilines is 1. The molecule has 0 unspecified atom stereocenters. The lowest BCUT2D eigenvalue weighted by atomic mass is 10.0. The van der Waals surface area contributed by atoms with Crippen molar-refractivity contribution in [3.8, 4) is 11.1 Å². The summed E-state index contributed by atoms with van der Waals surface area (Å²) in [4.78, 5) is 14.5. The minimum absolute atomic E-state index is 0.0771. The number of benzene rings is 2. The van der Waals surface area contributed by atoms with Crippen LogP contribution < -0.4 is 5.32 Å². The molecule has 6 heteroatoms. The zero-order valence-electron chi connectivity index (χ0n) is 14.7. The third kappa shape index (κ3) is 4.55. The van der Waals surface area contributed by atoms with Crippen LogP contribution in [0.1, 0.15) is 18.4 Å². The van der Waals surface area contributed by atoms with Crippen molar-refractivity contribution in [2.24, 2.45) is 0 Å². The van der Waals surface area contributed by atoms with E-state index in [9.17, 15) is 9.90 Å². The molecule has 1 fully saturated rings. The van der Waals surface area contributed by atoms with Crippen molar-refractivity contribution in [2.75, 3.05) is 25.5 Å². The van der Waals surface area contributed by atoms with Crippen LogP contribution in [0.5, 0.6) is 0 Å². The first-order chi connectivity index (χ1) is 12.6. The summed E-state index contributed by atoms with van der Waals surface area (Å²) < 4.78 is 5.40. The molecule has 2 N–H and O–H groups in total. The molecule has 1 amide bonds. The molecule has 2 aromatic carbocycles. The van der Waals surface area contributed by atoms with Crippen molar-refractivity contribution >= 4 is 23.4 Å². The Hall–Kier alpha value is -2.08. The fraction of sp³-hybridized carbons (Fsp3) is 0.350. The van der Waals surface area contributed by atoms with E-state index in [1.807, 2.05) is 31.3 Å². The summed E-state index contributed by atoms with van der Waals surface area (Å²) in [7, 11) is 2.05. The SMILES string of the molecule is CN1CCC[C@H]1COC(=O)Nc1ccc(CO)cc1-c1cccc(Cl)c1. The smallest absolute Gasteiger partial charge is 0.411 e. The van der Waals surface area contributed by atoms with Gasteiger partial charge in [0.2, 0.25) is 0 Å². The van der Waals surface area contributed by atoms with Crippen LogP contribution in [-0.2, 0) is 11.3 Å². The van der Waals surface area contributed by atoms with Crippen molar-refractivity contribution in [3.05, 3.63) is 53.1 Å². The van der Waals surface area contributed by atoms with Crippen molar-refractivity contribution in [1.29, 1.82) is 0 Å². The Balaban J connectivity index is 1.75. The first-order valence-corrected chi connectivity index (χ1v) is 9.08. The molecule has 5 nitrogen and oxygen atoms in total. The van der Waals surface area contributed by atoms with Crippen LogP contribution in [0.25, 0.3) is 11.1 Å². The average molecular weight is 375 g/mol. The minimum atomic E-state index is -0.481. The van der Waals surface area contributed by atoms with E-state index in [1.165, 1.54) is 0 Å². The van der Waals surface area contributed by atoms with Gasteiger partial charge in [0, 0.05) is 16.6 Å². The molecule has 0 saturated carbocycles. The largest absolute Gasteiger partial charge is 0.448 e. The van der Waals surface area contributed by atoms with Crippen LogP contribution in [0, 0.1) is 0 Å². The molecule has 0 bridgehead atoms. The summed E-state index contributed by atoms with van der Waals surface area (Å²) in [6.45, 7) is 1.34. The second kappa shape index (κ2) is 8.54. The second-order valence-corrected chi connectivity index (χ2v) is 6.98. The molecule has 1 heterocycles. The quantitative estimate of drug-likeness (QED) is 0.825. The Morgan fingerprint density at radius 2 is 2.19 bits per heavy atom. The Morgan fingerprint density at radius 3 is 2.88 bits per heavy atom. The van der Waals surface area contributed by atoms with Gasteiger partial charge in [-0.3, -0.25) is 5.32 Å². The van der Waals surface area contributed by atoms with Gasteiger partial charge < -0.3 is 14.7 Å². The van der Waals surface area contributed by atoms with Crippen molar-refractivity contribution < 1.29 is 14.6 Å². The molecule has 3 rings (SSSR count). The number of likely N-dealkylation sites (N-methyl/N-ethyl adjacent to an activating group) is 1. The van der Waals surface area contributed by atoms with Crippen LogP contribution in [0.2, 0.25) is 5.02 Å². The van der Waals surface area contributed by atoms with Gasteiger partial charge in [-0.15, -0.1) is 0 Å². The van der Waals surface area contributed by atoms with E-state index in [1.54, 1.807) is 18.2 Å². The summed E-state index contributed by atoms with van der Waals surface area (Å²) in [6.07, 6.45) is 1.70. The van der Waals surface area contributed by atoms with E-state index >= 15 is 0 Å². The Bertz CT molecular complexity index is 781. The first kappa shape index (κ1) is 18.7. The lowest BCUT2D eigenvalue weighted by molar-refractivity contribution is 0.127. The first-order valence-electron chi connectivity index (χ1n) is 8.70. The van der Waals surface area contributed by atoms with Gasteiger partial charge in [0.15, 0.2) is 0 Å². The average Bonchev–Trinajstić information content (AvgIpc) is 3.05. The summed E-state index contributed by atoms with van der Waals surface area (Å²) in [5, 5.41) is 12.8. The van der Waals surface area contributed by atoms with Gasteiger partial charge in [-0.25, -0.2) is 4.79 Å². The number of hydrogen-bond donors (Lipinski definition) is 2. The second-order valence-electron chi connectivity index (χ2n) is 6.55. The summed E-state index contributed by atoms with van der Waals surface area (Å²) in [5.74, 6) is 0. The molecule has 1 aliphatic heterocycles. The highest BCUT2D eigenvalue weighted by atomic mass is 35.5. The molecule has 1 atom stereocenters. The number of ether oxygens (including phenoxy) is 1. The van der Waals surface area contributed by atoms with Gasteiger partial charge in [0.25, 0.3) is 0 Å². The van der Waals surface area contributed by atoms with Gasteiger partial charge in [0.1, 0.15) is 6.61 Å². The molecule has 26 heavy (non-hydrogen) atoms. The molecule has 0 aliphatic carbocycles. The number of rotatable bonds is 5. The predicted octanol–water partition coefficient (Wildman–Crippen LogP) is 4.14. The Labute approximate surface area is 158 Å². The van der Waals surface area contributed by atoms with Crippen molar-refractivity contribution in [3.63, 3.8) is 0 Å².